The van der Waals surface area contributed by atoms with Crippen molar-refractivity contribution in [2.45, 2.75) is 0 Å². The van der Waals surface area contributed by atoms with Gasteiger partial charge in [0.15, 0.2) is 6.54 Å². The molecular weight excluding hydrogens is 294 g/mol. The highest BCUT2D eigenvalue weighted by atomic mass is 16.2. The summed E-state index contributed by atoms with van der Waals surface area (Å²) >= 11 is 0. The number of carbonyl (C=O) groups excluding carboxylic acids is 1. The van der Waals surface area contributed by atoms with Crippen LogP contribution in [0.15, 0.2) is 30.3 Å². The van der Waals surface area contributed by atoms with Crippen molar-refractivity contribution < 1.29 is 9.69 Å². The van der Waals surface area contributed by atoms with Gasteiger partial charge in [0.25, 0.3) is 11.9 Å². The molecule has 1 N–H and O–H groups in total. The fraction of sp³-hybridized carbons (Fsp3) is 0.467. The fourth-order valence-corrected chi connectivity index (χ4v) is 2.69. The first kappa shape index (κ1) is 15.4. The van der Waals surface area contributed by atoms with Gasteiger partial charge in [0.1, 0.15) is 0 Å². The van der Waals surface area contributed by atoms with Crippen molar-refractivity contribution in [1.82, 2.24) is 25.1 Å². The molecule has 1 aliphatic rings. The van der Waals surface area contributed by atoms with Gasteiger partial charge < -0.3 is 14.7 Å². The number of nitrogens with one attached hydrogen (secondary N) is 1. The van der Waals surface area contributed by atoms with Gasteiger partial charge in [-0.15, -0.1) is 0 Å². The van der Waals surface area contributed by atoms with Crippen LogP contribution in [0, 0.1) is 0 Å². The Morgan fingerprint density at radius 3 is 2.57 bits per heavy atom. The Morgan fingerprint density at radius 2 is 1.91 bits per heavy atom. The number of nitrogens with zero attached hydrogens (tertiary/aromatic N) is 6. The minimum Gasteiger partial charge on any atom is -0.344 e. The predicted molar refractivity (Wildman–Crippen MR) is 85.6 cm³/mol. The number of tetrazole rings is 1. The van der Waals surface area contributed by atoms with Crippen LogP contribution >= 0.6 is 0 Å². The van der Waals surface area contributed by atoms with Crippen LogP contribution in [0.2, 0.25) is 0 Å². The van der Waals surface area contributed by atoms with Crippen LogP contribution in [0.5, 0.6) is 0 Å². The molecule has 1 amide bonds. The lowest BCUT2D eigenvalue weighted by molar-refractivity contribution is -0.892. The molecular formula is C15H22N7O+. The number of rotatable bonds is 4. The first-order valence-corrected chi connectivity index (χ1v) is 7.77. The number of anilines is 1. The Kier molecular flexibility index (Phi) is 4.52. The zero-order valence-corrected chi connectivity index (χ0v) is 13.5. The molecule has 0 radical (unpaired) electrons. The van der Waals surface area contributed by atoms with Gasteiger partial charge in [-0.3, -0.25) is 4.79 Å². The van der Waals surface area contributed by atoms with Crippen LogP contribution in [0.25, 0.3) is 5.69 Å². The number of likely N-dealkylation sites (N-methyl/N-ethyl adjacent to an activating group) is 1. The van der Waals surface area contributed by atoms with Gasteiger partial charge in [-0.2, -0.15) is 4.68 Å². The molecule has 3 rings (SSSR count). The molecule has 1 aromatic heterocycles. The van der Waals surface area contributed by atoms with E-state index in [4.69, 9.17) is 0 Å². The van der Waals surface area contributed by atoms with Gasteiger partial charge in [-0.25, -0.2) is 0 Å². The van der Waals surface area contributed by atoms with E-state index in [2.05, 4.69) is 20.4 Å². The van der Waals surface area contributed by atoms with Crippen molar-refractivity contribution in [3.8, 4) is 5.69 Å². The van der Waals surface area contributed by atoms with E-state index in [1.165, 1.54) is 4.90 Å². The number of amides is 1. The minimum absolute atomic E-state index is 0.169. The summed E-state index contributed by atoms with van der Waals surface area (Å²) in [6.07, 6.45) is 0. The van der Waals surface area contributed by atoms with E-state index in [0.29, 0.717) is 6.54 Å². The summed E-state index contributed by atoms with van der Waals surface area (Å²) < 4.78 is 1.76. The van der Waals surface area contributed by atoms with Crippen LogP contribution in [0.1, 0.15) is 0 Å². The third kappa shape index (κ3) is 3.48. The summed E-state index contributed by atoms with van der Waals surface area (Å²) in [4.78, 5) is 16.9. The maximum atomic E-state index is 11.8. The highest BCUT2D eigenvalue weighted by molar-refractivity contribution is 5.76. The summed E-state index contributed by atoms with van der Waals surface area (Å²) in [6, 6.07) is 9.87. The van der Waals surface area contributed by atoms with Crippen LogP contribution in [-0.2, 0) is 4.79 Å². The highest BCUT2D eigenvalue weighted by Crippen LogP contribution is 2.14. The lowest BCUT2D eigenvalue weighted by Crippen LogP contribution is -3.15. The van der Waals surface area contributed by atoms with Crippen molar-refractivity contribution in [3.05, 3.63) is 30.3 Å². The van der Waals surface area contributed by atoms with Crippen LogP contribution in [0.4, 0.5) is 5.95 Å². The number of hydrogen-bond donors (Lipinski definition) is 1. The SMILES string of the molecule is CN(C)C(=O)C[NH+]1CCN(c2nnnn2-c2ccccc2)CC1. The smallest absolute Gasteiger partial charge is 0.277 e. The summed E-state index contributed by atoms with van der Waals surface area (Å²) in [5.41, 5.74) is 0.949. The average Bonchev–Trinajstić information content (AvgIpc) is 3.06. The Balaban J connectivity index is 1.65. The Hall–Kier alpha value is -2.48. The summed E-state index contributed by atoms with van der Waals surface area (Å²) in [7, 11) is 3.60. The number of benzene rings is 1. The van der Waals surface area contributed by atoms with Gasteiger partial charge in [0.05, 0.1) is 31.9 Å². The monoisotopic (exact) mass is 316 g/mol. The second-order valence-electron chi connectivity index (χ2n) is 5.93. The molecule has 122 valence electrons. The molecule has 1 aromatic carbocycles. The molecule has 0 atom stereocenters. The average molecular weight is 316 g/mol. The molecule has 0 bridgehead atoms. The number of carbonyl (C=O) groups is 1. The Labute approximate surface area is 135 Å². The molecule has 2 aromatic rings. The highest BCUT2D eigenvalue weighted by Gasteiger charge is 2.26. The number of quaternary nitrogens is 1. The van der Waals surface area contributed by atoms with E-state index in [1.54, 1.807) is 23.7 Å². The van der Waals surface area contributed by atoms with Crippen LogP contribution in [0.3, 0.4) is 0 Å². The topological polar surface area (TPSA) is 71.6 Å². The van der Waals surface area contributed by atoms with Crippen molar-refractivity contribution >= 4 is 11.9 Å². The Bertz CT molecular complexity index is 647. The molecule has 1 saturated heterocycles. The molecule has 23 heavy (non-hydrogen) atoms. The zero-order valence-electron chi connectivity index (χ0n) is 13.5. The number of piperazine rings is 1. The molecule has 0 spiro atoms. The normalized spacial score (nSPS) is 15.7. The van der Waals surface area contributed by atoms with Crippen molar-refractivity contribution in [3.63, 3.8) is 0 Å². The molecule has 0 saturated carbocycles. The van der Waals surface area contributed by atoms with E-state index >= 15 is 0 Å². The zero-order chi connectivity index (χ0) is 16.2. The second-order valence-corrected chi connectivity index (χ2v) is 5.93. The van der Waals surface area contributed by atoms with E-state index in [1.807, 2.05) is 30.3 Å². The standard InChI is InChI=1S/C15H21N7O/c1-19(2)14(23)12-20-8-10-21(11-9-20)15-16-17-18-22(15)13-6-4-3-5-7-13/h3-7H,8-12H2,1-2H3/p+1. The maximum Gasteiger partial charge on any atom is 0.277 e. The number of aromatic nitrogens is 4. The Morgan fingerprint density at radius 1 is 1.22 bits per heavy atom. The van der Waals surface area contributed by atoms with Crippen LogP contribution < -0.4 is 9.80 Å². The number of para-hydroxylation sites is 1. The lowest BCUT2D eigenvalue weighted by Gasteiger charge is -2.32. The molecule has 0 unspecified atom stereocenters. The summed E-state index contributed by atoms with van der Waals surface area (Å²) in [6.45, 7) is 4.03. The maximum absolute atomic E-state index is 11.8. The number of hydrogen-bond acceptors (Lipinski definition) is 5. The van der Waals surface area contributed by atoms with E-state index in [9.17, 15) is 4.79 Å². The predicted octanol–water partition coefficient (Wildman–Crippen LogP) is -1.54. The van der Waals surface area contributed by atoms with Gasteiger partial charge in [0, 0.05) is 14.1 Å². The first-order chi connectivity index (χ1) is 11.1. The van der Waals surface area contributed by atoms with Gasteiger partial charge in [-0.1, -0.05) is 23.3 Å². The molecule has 2 heterocycles. The van der Waals surface area contributed by atoms with Crippen molar-refractivity contribution in [2.75, 3.05) is 51.7 Å². The third-order valence-electron chi connectivity index (χ3n) is 4.11. The van der Waals surface area contributed by atoms with E-state index in [-0.39, 0.29) is 5.91 Å². The van der Waals surface area contributed by atoms with Crippen LogP contribution in [-0.4, -0.2) is 77.8 Å². The molecule has 8 heteroatoms. The summed E-state index contributed by atoms with van der Waals surface area (Å²) in [5, 5.41) is 12.1. The molecule has 1 fully saturated rings. The second kappa shape index (κ2) is 6.74. The van der Waals surface area contributed by atoms with E-state index in [0.717, 1.165) is 37.8 Å². The quantitative estimate of drug-likeness (QED) is 0.740. The van der Waals surface area contributed by atoms with Crippen molar-refractivity contribution in [2.24, 2.45) is 0 Å². The van der Waals surface area contributed by atoms with Gasteiger partial charge in [0.2, 0.25) is 0 Å². The fourth-order valence-electron chi connectivity index (χ4n) is 2.69. The molecule has 1 aliphatic heterocycles. The van der Waals surface area contributed by atoms with E-state index < -0.39 is 0 Å². The van der Waals surface area contributed by atoms with Crippen molar-refractivity contribution in [1.29, 1.82) is 0 Å². The third-order valence-corrected chi connectivity index (χ3v) is 4.11. The van der Waals surface area contributed by atoms with Gasteiger partial charge in [-0.05, 0) is 22.6 Å². The molecule has 8 nitrogen and oxygen atoms in total. The largest absolute Gasteiger partial charge is 0.344 e. The first-order valence-electron chi connectivity index (χ1n) is 7.77. The summed E-state index contributed by atoms with van der Waals surface area (Å²) in [5.74, 6) is 0.928. The lowest BCUT2D eigenvalue weighted by atomic mass is 10.3. The minimum atomic E-state index is 0.169. The molecule has 0 aliphatic carbocycles. The van der Waals surface area contributed by atoms with Gasteiger partial charge >= 0.3 is 0 Å².